The zero-order valence-corrected chi connectivity index (χ0v) is 16.8. The van der Waals surface area contributed by atoms with Gasteiger partial charge in [0.15, 0.2) is 0 Å². The van der Waals surface area contributed by atoms with E-state index in [0.29, 0.717) is 0 Å². The van der Waals surface area contributed by atoms with Crippen LogP contribution < -0.4 is 0 Å². The van der Waals surface area contributed by atoms with Crippen LogP contribution in [0.15, 0.2) is 36.7 Å². The molecule has 2 heterocycles. The van der Waals surface area contributed by atoms with Gasteiger partial charge in [-0.25, -0.2) is 0 Å². The van der Waals surface area contributed by atoms with E-state index < -0.39 is 5.09 Å². The third kappa shape index (κ3) is 7.77. The summed E-state index contributed by atoms with van der Waals surface area (Å²) in [6.07, 6.45) is 3.78. The zero-order chi connectivity index (χ0) is 20.6. The van der Waals surface area contributed by atoms with Gasteiger partial charge in [0.2, 0.25) is 0 Å². The fraction of sp³-hybridized carbons (Fsp3) is 0.263. The van der Waals surface area contributed by atoms with Crippen LogP contribution in [0.4, 0.5) is 0 Å². The summed E-state index contributed by atoms with van der Waals surface area (Å²) in [4.78, 5) is 37.3. The summed E-state index contributed by atoms with van der Waals surface area (Å²) in [5, 5.41) is 16.0. The van der Waals surface area contributed by atoms with E-state index in [4.69, 9.17) is 15.3 Å². The van der Waals surface area contributed by atoms with Gasteiger partial charge in [-0.15, -0.1) is 10.1 Å². The Morgan fingerprint density at radius 1 is 0.929 bits per heavy atom. The largest absolute Gasteiger partial charge is 2.00 e. The molecule has 3 aromatic rings. The number of hydrogen-bond donors (Lipinski definition) is 1. The van der Waals surface area contributed by atoms with E-state index in [-0.39, 0.29) is 35.1 Å². The second-order valence-electron chi connectivity index (χ2n) is 5.93. The number of ketones is 2. The molecular formula is C19H21CuN3O5+2. The summed E-state index contributed by atoms with van der Waals surface area (Å²) in [6.45, 7) is 7.01. The molecule has 0 saturated heterocycles. The van der Waals surface area contributed by atoms with Gasteiger partial charge in [0.05, 0.1) is 17.5 Å². The first kappa shape index (κ1) is 25.1. The molecule has 0 aliphatic heterocycles. The minimum absolute atomic E-state index is 0. The van der Waals surface area contributed by atoms with Gasteiger partial charge in [0.25, 0.3) is 5.09 Å². The fourth-order valence-electron chi connectivity index (χ4n) is 2.45. The summed E-state index contributed by atoms with van der Waals surface area (Å²) in [5.41, 5.74) is 4.49. The van der Waals surface area contributed by atoms with Crippen LogP contribution in [0.5, 0.6) is 0 Å². The molecular weight excluding hydrogens is 414 g/mol. The topological polar surface area (TPSA) is 123 Å². The first-order valence-corrected chi connectivity index (χ1v) is 8.05. The van der Waals surface area contributed by atoms with E-state index in [2.05, 4.69) is 35.9 Å². The second kappa shape index (κ2) is 11.7. The zero-order valence-electron chi connectivity index (χ0n) is 15.9. The Balaban J connectivity index is 0.000000516. The molecule has 1 radical (unpaired) electrons. The van der Waals surface area contributed by atoms with Crippen molar-refractivity contribution < 1.29 is 37.0 Å². The Hall–Kier alpha value is -2.90. The number of hydrogen-bond acceptors (Lipinski definition) is 6. The van der Waals surface area contributed by atoms with Crippen molar-refractivity contribution in [3.05, 3.63) is 57.9 Å². The van der Waals surface area contributed by atoms with E-state index in [1.807, 2.05) is 24.5 Å². The predicted molar refractivity (Wildman–Crippen MR) is 101 cm³/mol. The number of fused-ring (bicyclic) bond motifs is 3. The van der Waals surface area contributed by atoms with E-state index >= 15 is 0 Å². The molecule has 0 aliphatic rings. The molecule has 3 rings (SSSR count). The number of carbonyl (C=O) groups excluding carboxylic acids is 2. The third-order valence-corrected chi connectivity index (χ3v) is 3.56. The van der Waals surface area contributed by atoms with Crippen LogP contribution in [0.2, 0.25) is 0 Å². The summed E-state index contributed by atoms with van der Waals surface area (Å²) in [6, 6.07) is 8.33. The van der Waals surface area contributed by atoms with Crippen LogP contribution in [-0.2, 0) is 26.7 Å². The molecule has 0 atom stereocenters. The molecule has 0 fully saturated rings. The Kier molecular flexibility index (Phi) is 10.5. The van der Waals surface area contributed by atoms with Crippen molar-refractivity contribution in [2.45, 2.75) is 34.1 Å². The minimum atomic E-state index is -1.50. The molecule has 9 heteroatoms. The average Bonchev–Trinajstić information content (AvgIpc) is 2.54. The summed E-state index contributed by atoms with van der Waals surface area (Å²) >= 11 is 0. The van der Waals surface area contributed by atoms with Gasteiger partial charge >= 0.3 is 17.1 Å². The van der Waals surface area contributed by atoms with Gasteiger partial charge in [-0.2, -0.15) is 0 Å². The summed E-state index contributed by atoms with van der Waals surface area (Å²) in [5.74, 6) is -0.125. The number of aryl methyl sites for hydroxylation is 2. The first-order chi connectivity index (χ1) is 12.6. The van der Waals surface area contributed by atoms with E-state index in [1.165, 1.54) is 35.7 Å². The summed E-state index contributed by atoms with van der Waals surface area (Å²) < 4.78 is 0. The van der Waals surface area contributed by atoms with Gasteiger partial charge in [-0.3, -0.25) is 19.6 Å². The number of Topliss-reactive ketones (excluding diaryl/α,β-unsaturated/α-hetero) is 2. The van der Waals surface area contributed by atoms with Crippen molar-refractivity contribution in [2.75, 3.05) is 0 Å². The van der Waals surface area contributed by atoms with Crippen molar-refractivity contribution in [3.8, 4) is 0 Å². The van der Waals surface area contributed by atoms with Crippen molar-refractivity contribution in [1.82, 2.24) is 9.97 Å². The Morgan fingerprint density at radius 2 is 1.25 bits per heavy atom. The maximum absolute atomic E-state index is 10.0. The Bertz CT molecular complexity index is 915. The molecule has 1 N–H and O–H groups in total. The van der Waals surface area contributed by atoms with Crippen molar-refractivity contribution >= 4 is 33.4 Å². The van der Waals surface area contributed by atoms with Crippen LogP contribution in [-0.4, -0.2) is 31.8 Å². The van der Waals surface area contributed by atoms with Crippen LogP contribution in [0.1, 0.15) is 31.4 Å². The van der Waals surface area contributed by atoms with Crippen LogP contribution in [0.25, 0.3) is 21.8 Å². The Morgan fingerprint density at radius 3 is 1.50 bits per heavy atom. The minimum Gasteiger partial charge on any atom is -0.328 e. The molecule has 0 aliphatic carbocycles. The molecule has 2 aromatic heterocycles. The van der Waals surface area contributed by atoms with Crippen LogP contribution in [0, 0.1) is 24.0 Å². The SMILES string of the molecule is CC(=O)CC(C)=O.Cc1ccnc2c1ccc1c(C)ccnc12.O=[N+]([O-])O.[Cu+2]. The molecule has 0 amide bonds. The van der Waals surface area contributed by atoms with E-state index in [1.54, 1.807) is 0 Å². The maximum atomic E-state index is 10.0. The normalized spacial score (nSPS) is 9.29. The van der Waals surface area contributed by atoms with Gasteiger partial charge in [-0.05, 0) is 51.0 Å². The maximum Gasteiger partial charge on any atom is 2.00 e. The van der Waals surface area contributed by atoms with Gasteiger partial charge in [-0.1, -0.05) is 12.1 Å². The number of pyridine rings is 2. The molecule has 0 spiro atoms. The number of rotatable bonds is 2. The van der Waals surface area contributed by atoms with E-state index in [9.17, 15) is 9.59 Å². The standard InChI is InChI=1S/C14H12N2.C5H8O2.Cu.HNO3/c1-9-5-7-15-13-11(9)3-4-12-10(2)6-8-16-14(12)13;1-4(6)3-5(2)7;;2-1(3)4/h3-8H,1-2H3;3H2,1-2H3;;(H,2,3,4)/q;;+2;. The van der Waals surface area contributed by atoms with Crippen LogP contribution in [0.3, 0.4) is 0 Å². The number of aromatic nitrogens is 2. The molecule has 28 heavy (non-hydrogen) atoms. The quantitative estimate of drug-likeness (QED) is 0.215. The molecule has 0 bridgehead atoms. The molecule has 0 unspecified atom stereocenters. The predicted octanol–water partition coefficient (Wildman–Crippen LogP) is 3.60. The van der Waals surface area contributed by atoms with Gasteiger partial charge < -0.3 is 5.21 Å². The van der Waals surface area contributed by atoms with Crippen LogP contribution >= 0.6 is 0 Å². The molecule has 0 saturated carbocycles. The van der Waals surface area contributed by atoms with E-state index in [0.717, 1.165) is 11.0 Å². The van der Waals surface area contributed by atoms with Gasteiger partial charge in [0.1, 0.15) is 11.6 Å². The third-order valence-electron chi connectivity index (χ3n) is 3.56. The van der Waals surface area contributed by atoms with Gasteiger partial charge in [0, 0.05) is 23.2 Å². The number of nitrogens with zero attached hydrogens (tertiary/aromatic N) is 3. The van der Waals surface area contributed by atoms with Crippen molar-refractivity contribution in [3.63, 3.8) is 0 Å². The van der Waals surface area contributed by atoms with Crippen molar-refractivity contribution in [2.24, 2.45) is 0 Å². The van der Waals surface area contributed by atoms with Crippen molar-refractivity contribution in [1.29, 1.82) is 0 Å². The smallest absolute Gasteiger partial charge is 0.328 e. The first-order valence-electron chi connectivity index (χ1n) is 8.05. The fourth-order valence-corrected chi connectivity index (χ4v) is 2.45. The Labute approximate surface area is 172 Å². The monoisotopic (exact) mass is 434 g/mol. The molecule has 1 aromatic carbocycles. The molecule has 8 nitrogen and oxygen atoms in total. The summed E-state index contributed by atoms with van der Waals surface area (Å²) in [7, 11) is 0. The molecule has 151 valence electrons. The second-order valence-corrected chi connectivity index (χ2v) is 5.93. The number of benzene rings is 1. The average molecular weight is 435 g/mol. The number of carbonyl (C=O) groups is 2.